The van der Waals surface area contributed by atoms with Crippen molar-refractivity contribution in [3.05, 3.63) is 71.9 Å². The number of nitrogens with one attached hydrogen (secondary N) is 4. The molecular formula is C61H98N12O7S. The predicted molar refractivity (Wildman–Crippen MR) is 328 cm³/mol. The molecule has 20 heteroatoms. The molecule has 0 aliphatic carbocycles. The van der Waals surface area contributed by atoms with Gasteiger partial charge in [-0.25, -0.2) is 0 Å². The summed E-state index contributed by atoms with van der Waals surface area (Å²) >= 11 is 1.56. The van der Waals surface area contributed by atoms with Gasteiger partial charge in [-0.15, -0.1) is 0 Å². The first-order chi connectivity index (χ1) is 38.6. The minimum Gasteiger partial charge on any atom is -0.370 e. The summed E-state index contributed by atoms with van der Waals surface area (Å²) in [7, 11) is 0. The predicted octanol–water partition coefficient (Wildman–Crippen LogP) is 5.98. The molecule has 2 aromatic carbocycles. The molecule has 10 atom stereocenters. The summed E-state index contributed by atoms with van der Waals surface area (Å²) in [6.07, 6.45) is 8.81. The first-order valence-electron chi connectivity index (χ1n) is 29.3. The molecule has 1 aromatic heterocycles. The fourth-order valence-corrected chi connectivity index (χ4v) is 11.0. The van der Waals surface area contributed by atoms with Crippen LogP contribution in [0.5, 0.6) is 0 Å². The third-order valence-corrected chi connectivity index (χ3v) is 16.3. The van der Waals surface area contributed by atoms with Gasteiger partial charge in [0.15, 0.2) is 23.5 Å². The van der Waals surface area contributed by atoms with E-state index >= 15 is 4.79 Å². The van der Waals surface area contributed by atoms with Gasteiger partial charge in [0.2, 0.25) is 23.6 Å². The lowest BCUT2D eigenvalue weighted by molar-refractivity contribution is -0.136. The van der Waals surface area contributed by atoms with Crippen LogP contribution in [0.15, 0.2) is 70.8 Å². The first kappa shape index (κ1) is 69.0. The van der Waals surface area contributed by atoms with E-state index in [1.54, 1.807) is 11.8 Å². The Morgan fingerprint density at radius 3 is 1.78 bits per heavy atom. The van der Waals surface area contributed by atoms with E-state index in [9.17, 15) is 28.8 Å². The highest BCUT2D eigenvalue weighted by Crippen LogP contribution is 2.29. The molecule has 0 fully saturated rings. The normalized spacial score (nSPS) is 15.2. The molecule has 1 unspecified atom stereocenters. The van der Waals surface area contributed by atoms with Crippen LogP contribution in [0, 0.1) is 47.3 Å². The smallest absolute Gasteiger partial charge is 0.224 e. The van der Waals surface area contributed by atoms with Gasteiger partial charge in [-0.1, -0.05) is 103 Å². The highest BCUT2D eigenvalue weighted by molar-refractivity contribution is 7.98. The van der Waals surface area contributed by atoms with E-state index in [4.69, 9.17) is 34.4 Å². The molecular weight excluding hydrogens is 1040 g/mol. The molecule has 19 nitrogen and oxygen atoms in total. The van der Waals surface area contributed by atoms with Crippen LogP contribution >= 0.6 is 11.8 Å². The lowest BCUT2D eigenvalue weighted by atomic mass is 9.80. The molecule has 3 rings (SSSR count). The number of aromatic amines is 1. The van der Waals surface area contributed by atoms with E-state index in [0.717, 1.165) is 28.5 Å². The summed E-state index contributed by atoms with van der Waals surface area (Å²) in [5.41, 5.74) is 36.7. The second-order valence-corrected chi connectivity index (χ2v) is 23.7. The second kappa shape index (κ2) is 36.9. The zero-order valence-corrected chi connectivity index (χ0v) is 50.2. The van der Waals surface area contributed by atoms with Crippen molar-refractivity contribution in [3.8, 4) is 0 Å². The van der Waals surface area contributed by atoms with Gasteiger partial charge in [-0.05, 0) is 118 Å². The molecule has 81 heavy (non-hydrogen) atoms. The van der Waals surface area contributed by atoms with Crippen molar-refractivity contribution in [1.29, 1.82) is 0 Å². The number of fused-ring (bicyclic) bond motifs is 1. The number of ketones is 3. The summed E-state index contributed by atoms with van der Waals surface area (Å²) < 4.78 is 0. The van der Waals surface area contributed by atoms with Crippen LogP contribution < -0.4 is 50.4 Å². The standard InChI is InChI=1S/C61H98N12O7S/c1-8-39(4)48(56(63)77)31-41(6)51(32-42-19-10-9-11-20-42)72-58(79)44(25-29-81-7)35-55(76)52(33-46-37-70-49-23-13-12-22-47(46)49)73-57(78)43(21-14-15-26-62)34-54(75)50(24-17-28-69-61(66)67)71-59(80)45(30-38(2)3)36-53(74)40(5)18-16-27-68-60(64)65/h9-13,19-20,22-23,37-41,43-45,48,50-52,70H,8,14-18,21,24-36,62H2,1-7H3,(H2,63,77)(H,71,80)(H,72,79)(H,73,78)(H4,64,65,68)(H4,66,67,69)/t39-,40-,41?,43+,44+,45+,48-,50-,51-,52-/m0/s1. The largest absolute Gasteiger partial charge is 0.370 e. The molecule has 3 aromatic rings. The second-order valence-electron chi connectivity index (χ2n) is 22.7. The van der Waals surface area contributed by atoms with E-state index in [-0.39, 0.29) is 104 Å². The van der Waals surface area contributed by atoms with Crippen LogP contribution in [0.25, 0.3) is 10.9 Å². The van der Waals surface area contributed by atoms with Crippen LogP contribution in [0.4, 0.5) is 0 Å². The number of hydrogen-bond acceptors (Lipinski definition) is 11. The van der Waals surface area contributed by atoms with Crippen LogP contribution in [-0.2, 0) is 46.4 Å². The molecule has 0 aliphatic rings. The molecule has 0 saturated carbocycles. The summed E-state index contributed by atoms with van der Waals surface area (Å²) in [6, 6.07) is 14.9. The van der Waals surface area contributed by atoms with Crippen LogP contribution in [0.1, 0.15) is 143 Å². The summed E-state index contributed by atoms with van der Waals surface area (Å²) in [6.45, 7) is 12.7. The fraction of sp³-hybridized carbons (Fsp3) is 0.623. The van der Waals surface area contributed by atoms with Gasteiger partial charge in [-0.2, -0.15) is 11.8 Å². The number of para-hydroxylation sites is 1. The van der Waals surface area contributed by atoms with Crippen LogP contribution in [0.3, 0.4) is 0 Å². The van der Waals surface area contributed by atoms with Gasteiger partial charge in [-0.3, -0.25) is 43.5 Å². The number of Topliss-reactive ketones (excluding diaryl/α,β-unsaturated/α-hetero) is 3. The summed E-state index contributed by atoms with van der Waals surface area (Å²) in [5, 5.41) is 10.2. The number of carbonyl (C=O) groups is 7. The van der Waals surface area contributed by atoms with Gasteiger partial charge < -0.3 is 55.3 Å². The SMILES string of the molecule is CC[C@H](C)[C@H](CC(C)[C@H](Cc1ccccc1)NC(=O)[C@H](CCSC)CC(=O)[C@H](Cc1c[nH]c2ccccc12)NC(=O)[C@H](CCCCN)CC(=O)[C@H](CCCN=C(N)N)NC(=O)[C@@H](CC(=O)[C@@H](C)CCCN=C(N)N)CC(C)C)C(N)=O. The Morgan fingerprint density at radius 2 is 1.17 bits per heavy atom. The lowest BCUT2D eigenvalue weighted by Crippen LogP contribution is -2.49. The van der Waals surface area contributed by atoms with E-state index in [0.29, 0.717) is 76.6 Å². The number of rotatable bonds is 42. The lowest BCUT2D eigenvalue weighted by Gasteiger charge is -2.31. The Morgan fingerprint density at radius 1 is 0.605 bits per heavy atom. The van der Waals surface area contributed by atoms with Crippen molar-refractivity contribution in [1.82, 2.24) is 20.9 Å². The third kappa shape index (κ3) is 25.2. The molecule has 4 amide bonds. The Hall–Kier alpha value is -6.28. The van der Waals surface area contributed by atoms with Gasteiger partial charge in [0, 0.05) is 91.5 Å². The number of nitrogens with zero attached hydrogens (tertiary/aromatic N) is 2. The van der Waals surface area contributed by atoms with E-state index in [1.807, 2.05) is 109 Å². The number of nitrogens with two attached hydrogens (primary N) is 6. The van der Waals surface area contributed by atoms with Gasteiger partial charge in [0.05, 0.1) is 12.1 Å². The Labute approximate surface area is 485 Å². The zero-order valence-electron chi connectivity index (χ0n) is 49.4. The summed E-state index contributed by atoms with van der Waals surface area (Å²) in [5.74, 6) is -5.26. The maximum atomic E-state index is 15.1. The molecule has 0 saturated heterocycles. The molecule has 1 heterocycles. The highest BCUT2D eigenvalue weighted by atomic mass is 32.2. The fourth-order valence-electron chi connectivity index (χ4n) is 10.5. The van der Waals surface area contributed by atoms with E-state index in [2.05, 4.69) is 30.9 Å². The molecule has 16 N–H and O–H groups in total. The number of amides is 4. The number of hydrogen-bond donors (Lipinski definition) is 10. The molecule has 0 aliphatic heterocycles. The average Bonchev–Trinajstić information content (AvgIpc) is 3.84. The van der Waals surface area contributed by atoms with Crippen molar-refractivity contribution < 1.29 is 33.6 Å². The third-order valence-electron chi connectivity index (χ3n) is 15.6. The molecule has 0 spiro atoms. The van der Waals surface area contributed by atoms with Crippen molar-refractivity contribution >= 4 is 75.6 Å². The number of benzene rings is 2. The van der Waals surface area contributed by atoms with E-state index < -0.39 is 59.4 Å². The molecule has 0 radical (unpaired) electrons. The number of aromatic nitrogens is 1. The number of guanidine groups is 2. The van der Waals surface area contributed by atoms with Gasteiger partial charge in [0.1, 0.15) is 5.78 Å². The highest BCUT2D eigenvalue weighted by Gasteiger charge is 2.36. The minimum absolute atomic E-state index is 0.0250. The topological polar surface area (TPSA) is 352 Å². The number of thioether (sulfide) groups is 1. The van der Waals surface area contributed by atoms with Crippen molar-refractivity contribution in [3.63, 3.8) is 0 Å². The Bertz CT molecular complexity index is 2490. The molecule has 450 valence electrons. The van der Waals surface area contributed by atoms with Crippen molar-refractivity contribution in [2.45, 2.75) is 162 Å². The van der Waals surface area contributed by atoms with Crippen molar-refractivity contribution in [2.24, 2.45) is 91.7 Å². The minimum atomic E-state index is -1.10. The Kier molecular flexibility index (Phi) is 31.5. The number of carbonyl (C=O) groups excluding carboxylic acids is 7. The number of primary amides is 1. The number of aliphatic imine (C=N–C) groups is 2. The van der Waals surface area contributed by atoms with E-state index in [1.165, 1.54) is 0 Å². The monoisotopic (exact) mass is 1140 g/mol. The molecule has 0 bridgehead atoms. The number of H-pyrrole nitrogens is 1. The van der Waals surface area contributed by atoms with Crippen LogP contribution in [-0.4, -0.2) is 108 Å². The summed E-state index contributed by atoms with van der Waals surface area (Å²) in [4.78, 5) is 111. The maximum Gasteiger partial charge on any atom is 0.224 e. The van der Waals surface area contributed by atoms with Gasteiger partial charge >= 0.3 is 0 Å². The average molecular weight is 1140 g/mol. The number of unbranched alkanes of at least 4 members (excludes halogenated alkanes) is 1. The maximum absolute atomic E-state index is 15.1. The van der Waals surface area contributed by atoms with Crippen LogP contribution in [0.2, 0.25) is 0 Å². The Balaban J connectivity index is 2.01. The van der Waals surface area contributed by atoms with Crippen molar-refractivity contribution in [2.75, 3.05) is 31.6 Å². The first-order valence-corrected chi connectivity index (χ1v) is 30.6. The zero-order chi connectivity index (χ0) is 60.0. The quantitative estimate of drug-likeness (QED) is 0.0178. The van der Waals surface area contributed by atoms with Gasteiger partial charge in [0.25, 0.3) is 0 Å².